The molecule has 0 saturated carbocycles. The van der Waals surface area contributed by atoms with Crippen molar-refractivity contribution in [3.05, 3.63) is 65.5 Å². The van der Waals surface area contributed by atoms with Gasteiger partial charge in [0.2, 0.25) is 5.78 Å². The molecule has 0 fully saturated rings. The van der Waals surface area contributed by atoms with Gasteiger partial charge in [-0.25, -0.2) is 0 Å². The summed E-state index contributed by atoms with van der Waals surface area (Å²) in [7, 11) is 0. The first-order chi connectivity index (χ1) is 10.1. The Labute approximate surface area is 150 Å². The van der Waals surface area contributed by atoms with Gasteiger partial charge < -0.3 is 14.5 Å². The molecule has 0 spiro atoms. The quantitative estimate of drug-likeness (QED) is 0.516. The first kappa shape index (κ1) is 16.7. The molecule has 0 aliphatic carbocycles. The molecule has 2 aromatic rings. The number of benzene rings is 1. The standard InChI is InChI=1S/C17H15NO3.Na/c1-2-11-3-5-12(6-4-11)16(19)15-8-7-14-13(17(20)21)9-10-18(14)15;/h2-8,13H,1,9-10H2,(H,20,21);/q;+1/p-1. The van der Waals surface area contributed by atoms with Crippen molar-refractivity contribution in [2.45, 2.75) is 18.9 Å². The van der Waals surface area contributed by atoms with Gasteiger partial charge in [-0.1, -0.05) is 36.9 Å². The van der Waals surface area contributed by atoms with Gasteiger partial charge in [0.05, 0.1) is 11.7 Å². The molecule has 106 valence electrons. The van der Waals surface area contributed by atoms with Gasteiger partial charge in [-0.3, -0.25) is 4.79 Å². The van der Waals surface area contributed by atoms with Crippen molar-refractivity contribution in [3.8, 4) is 0 Å². The second kappa shape index (κ2) is 6.65. The van der Waals surface area contributed by atoms with Crippen LogP contribution in [0.2, 0.25) is 0 Å². The smallest absolute Gasteiger partial charge is 0.549 e. The van der Waals surface area contributed by atoms with Crippen molar-refractivity contribution in [1.82, 2.24) is 4.57 Å². The summed E-state index contributed by atoms with van der Waals surface area (Å²) < 4.78 is 1.78. The molecule has 0 radical (unpaired) electrons. The van der Waals surface area contributed by atoms with Crippen molar-refractivity contribution in [2.75, 3.05) is 0 Å². The molecule has 1 unspecified atom stereocenters. The number of hydrogen-bond donors (Lipinski definition) is 0. The van der Waals surface area contributed by atoms with Gasteiger partial charge in [0, 0.05) is 23.7 Å². The van der Waals surface area contributed by atoms with Gasteiger partial charge in [0.1, 0.15) is 0 Å². The SMILES string of the molecule is C=Cc1ccc(C(=O)c2ccc3n2CCC3C(=O)[O-])cc1.[Na+]. The van der Waals surface area contributed by atoms with E-state index in [9.17, 15) is 14.7 Å². The van der Waals surface area contributed by atoms with E-state index in [4.69, 9.17) is 0 Å². The summed E-state index contributed by atoms with van der Waals surface area (Å²) in [5, 5.41) is 11.1. The van der Waals surface area contributed by atoms with E-state index in [0.29, 0.717) is 29.9 Å². The molecule has 2 heterocycles. The van der Waals surface area contributed by atoms with E-state index in [-0.39, 0.29) is 35.3 Å². The van der Waals surface area contributed by atoms with Gasteiger partial charge in [0.15, 0.2) is 0 Å². The van der Waals surface area contributed by atoms with Crippen LogP contribution in [0, 0.1) is 0 Å². The van der Waals surface area contributed by atoms with Crippen LogP contribution in [0.3, 0.4) is 0 Å². The van der Waals surface area contributed by atoms with Gasteiger partial charge >= 0.3 is 29.6 Å². The minimum absolute atomic E-state index is 0. The predicted octanol–water partition coefficient (Wildman–Crippen LogP) is -1.40. The maximum atomic E-state index is 12.5. The molecule has 1 atom stereocenters. The zero-order chi connectivity index (χ0) is 15.0. The van der Waals surface area contributed by atoms with Crippen molar-refractivity contribution < 1.29 is 44.3 Å². The molecule has 1 aliphatic rings. The maximum absolute atomic E-state index is 12.5. The zero-order valence-corrected chi connectivity index (χ0v) is 14.4. The van der Waals surface area contributed by atoms with Crippen LogP contribution in [0.5, 0.6) is 0 Å². The van der Waals surface area contributed by atoms with Crippen molar-refractivity contribution in [3.63, 3.8) is 0 Å². The van der Waals surface area contributed by atoms with Gasteiger partial charge in [-0.15, -0.1) is 0 Å². The number of fused-ring (bicyclic) bond motifs is 1. The Morgan fingerprint density at radius 2 is 1.86 bits per heavy atom. The van der Waals surface area contributed by atoms with Gasteiger partial charge in [-0.05, 0) is 24.1 Å². The third-order valence-corrected chi connectivity index (χ3v) is 3.94. The number of aliphatic carboxylic acids is 1. The Balaban J connectivity index is 0.00000176. The van der Waals surface area contributed by atoms with Gasteiger partial charge in [0.25, 0.3) is 0 Å². The number of nitrogens with zero attached hydrogens (tertiary/aromatic N) is 1. The largest absolute Gasteiger partial charge is 1.00 e. The summed E-state index contributed by atoms with van der Waals surface area (Å²) in [5.74, 6) is -1.80. The molecule has 3 rings (SSSR count). The molecule has 0 amide bonds. The Morgan fingerprint density at radius 3 is 2.45 bits per heavy atom. The number of ketones is 1. The topological polar surface area (TPSA) is 62.1 Å². The Morgan fingerprint density at radius 1 is 1.18 bits per heavy atom. The summed E-state index contributed by atoms with van der Waals surface area (Å²) in [6.07, 6.45) is 2.20. The fourth-order valence-electron chi connectivity index (χ4n) is 2.80. The third-order valence-electron chi connectivity index (χ3n) is 3.94. The molecule has 0 bridgehead atoms. The second-order valence-corrected chi connectivity index (χ2v) is 5.11. The van der Waals surface area contributed by atoms with Crippen LogP contribution in [0.25, 0.3) is 6.08 Å². The van der Waals surface area contributed by atoms with Crippen LogP contribution >= 0.6 is 0 Å². The minimum Gasteiger partial charge on any atom is -0.549 e. The molecule has 0 saturated heterocycles. The summed E-state index contributed by atoms with van der Waals surface area (Å²) in [6.45, 7) is 4.21. The summed E-state index contributed by atoms with van der Waals surface area (Å²) in [6, 6.07) is 10.6. The van der Waals surface area contributed by atoms with Crippen molar-refractivity contribution >= 4 is 17.8 Å². The fraction of sp³-hybridized carbons (Fsp3) is 0.176. The van der Waals surface area contributed by atoms with Crippen molar-refractivity contribution in [2.24, 2.45) is 0 Å². The second-order valence-electron chi connectivity index (χ2n) is 5.11. The molecule has 5 heteroatoms. The first-order valence-electron chi connectivity index (χ1n) is 6.79. The van der Waals surface area contributed by atoms with E-state index in [0.717, 1.165) is 5.56 Å². The Hall–Kier alpha value is -1.62. The van der Waals surface area contributed by atoms with E-state index in [1.54, 1.807) is 34.9 Å². The van der Waals surface area contributed by atoms with Crippen LogP contribution in [0.15, 0.2) is 43.0 Å². The first-order valence-corrected chi connectivity index (χ1v) is 6.79. The monoisotopic (exact) mass is 303 g/mol. The Bertz CT molecular complexity index is 731. The number of carbonyl (C=O) groups excluding carboxylic acids is 2. The van der Waals surface area contributed by atoms with E-state index in [1.807, 2.05) is 12.1 Å². The zero-order valence-electron chi connectivity index (χ0n) is 12.4. The number of aromatic nitrogens is 1. The van der Waals surface area contributed by atoms with E-state index in [1.165, 1.54) is 0 Å². The van der Waals surface area contributed by atoms with Crippen LogP contribution in [0.4, 0.5) is 0 Å². The fourth-order valence-corrected chi connectivity index (χ4v) is 2.80. The van der Waals surface area contributed by atoms with Gasteiger partial charge in [-0.2, -0.15) is 0 Å². The molecular weight excluding hydrogens is 289 g/mol. The summed E-state index contributed by atoms with van der Waals surface area (Å²) >= 11 is 0. The third kappa shape index (κ3) is 2.82. The summed E-state index contributed by atoms with van der Waals surface area (Å²) in [4.78, 5) is 23.6. The molecular formula is C17H14NNaO3. The average molecular weight is 303 g/mol. The van der Waals surface area contributed by atoms with E-state index < -0.39 is 11.9 Å². The van der Waals surface area contributed by atoms with Crippen LogP contribution in [-0.2, 0) is 11.3 Å². The van der Waals surface area contributed by atoms with Crippen LogP contribution in [0.1, 0.15) is 39.6 Å². The average Bonchev–Trinajstić information content (AvgIpc) is 3.07. The molecule has 1 aliphatic heterocycles. The van der Waals surface area contributed by atoms with Crippen LogP contribution in [-0.4, -0.2) is 16.3 Å². The molecule has 1 aromatic heterocycles. The van der Waals surface area contributed by atoms with Crippen molar-refractivity contribution in [1.29, 1.82) is 0 Å². The number of hydrogen-bond acceptors (Lipinski definition) is 3. The normalized spacial score (nSPS) is 15.7. The van der Waals surface area contributed by atoms with Crippen LogP contribution < -0.4 is 34.7 Å². The Kier molecular flexibility index (Phi) is 5.06. The minimum atomic E-state index is -1.08. The van der Waals surface area contributed by atoms with E-state index in [2.05, 4.69) is 6.58 Å². The summed E-state index contributed by atoms with van der Waals surface area (Å²) in [5.41, 5.74) is 2.71. The van der Waals surface area contributed by atoms with E-state index >= 15 is 0 Å². The predicted molar refractivity (Wildman–Crippen MR) is 76.8 cm³/mol. The molecule has 4 nitrogen and oxygen atoms in total. The number of carboxylic acid groups (broad SMARTS) is 1. The maximum Gasteiger partial charge on any atom is 1.00 e. The number of carboxylic acids is 1. The number of carbonyl (C=O) groups is 2. The molecule has 1 aromatic carbocycles. The molecule has 0 N–H and O–H groups in total. The number of rotatable bonds is 4. The molecule has 22 heavy (non-hydrogen) atoms.